The topological polar surface area (TPSA) is 35.2 Å². The average molecular weight is 269 g/mol. The van der Waals surface area contributed by atoms with Crippen LogP contribution in [0.4, 0.5) is 0 Å². The molecule has 0 aliphatic heterocycles. The Bertz CT molecular complexity index is 547. The predicted octanol–water partition coefficient (Wildman–Crippen LogP) is 4.80. The molecule has 0 aliphatic rings. The summed E-state index contributed by atoms with van der Waals surface area (Å²) in [4.78, 5) is 0. The zero-order valence-corrected chi connectivity index (χ0v) is 12.7. The summed E-state index contributed by atoms with van der Waals surface area (Å²) in [6, 6.07) is 16.2. The van der Waals surface area contributed by atoms with Gasteiger partial charge in [0.15, 0.2) is 0 Å². The number of ether oxygens (including phenoxy) is 1. The number of rotatable bonds is 3. The molecule has 2 aromatic carbocycles. The Hall–Kier alpha value is -1.80. The Kier molecular flexibility index (Phi) is 4.15. The van der Waals surface area contributed by atoms with Gasteiger partial charge < -0.3 is 10.5 Å². The van der Waals surface area contributed by atoms with Crippen LogP contribution in [0, 0.1) is 0 Å². The van der Waals surface area contributed by atoms with Gasteiger partial charge in [0.05, 0.1) is 0 Å². The highest BCUT2D eigenvalue weighted by atomic mass is 16.5. The smallest absolute Gasteiger partial charge is 0.127 e. The quantitative estimate of drug-likeness (QED) is 0.869. The van der Waals surface area contributed by atoms with Crippen molar-refractivity contribution in [2.24, 2.45) is 5.73 Å². The summed E-state index contributed by atoms with van der Waals surface area (Å²) in [5.41, 5.74) is 8.41. The van der Waals surface area contributed by atoms with Crippen LogP contribution in [0.2, 0.25) is 0 Å². The van der Waals surface area contributed by atoms with Gasteiger partial charge in [-0.25, -0.2) is 0 Å². The van der Waals surface area contributed by atoms with Crippen molar-refractivity contribution in [1.29, 1.82) is 0 Å². The molecule has 0 spiro atoms. The summed E-state index contributed by atoms with van der Waals surface area (Å²) in [5, 5.41) is 0. The second-order valence-corrected chi connectivity index (χ2v) is 6.23. The average Bonchev–Trinajstić information content (AvgIpc) is 2.39. The fourth-order valence-corrected chi connectivity index (χ4v) is 2.00. The lowest BCUT2D eigenvalue weighted by Crippen LogP contribution is -2.10. The van der Waals surface area contributed by atoms with Crippen LogP contribution in [0.1, 0.15) is 44.9 Å². The first-order valence-electron chi connectivity index (χ1n) is 7.00. The van der Waals surface area contributed by atoms with E-state index in [-0.39, 0.29) is 11.5 Å². The Labute approximate surface area is 121 Å². The Morgan fingerprint density at radius 3 is 1.70 bits per heavy atom. The van der Waals surface area contributed by atoms with Crippen molar-refractivity contribution in [3.8, 4) is 11.5 Å². The van der Waals surface area contributed by atoms with Crippen molar-refractivity contribution < 1.29 is 4.74 Å². The lowest BCUT2D eigenvalue weighted by atomic mass is 9.87. The van der Waals surface area contributed by atoms with Crippen molar-refractivity contribution in [2.45, 2.75) is 39.2 Å². The van der Waals surface area contributed by atoms with E-state index in [1.165, 1.54) is 5.56 Å². The Balaban J connectivity index is 2.10. The standard InChI is InChI=1S/C18H23NO/c1-13(19)14-5-9-16(10-6-14)20-17-11-7-15(8-12-17)18(2,3)4/h5-13H,19H2,1-4H3/t13-/m0/s1. The maximum absolute atomic E-state index is 5.84. The van der Waals surface area contributed by atoms with Gasteiger partial charge in [0.2, 0.25) is 0 Å². The minimum Gasteiger partial charge on any atom is -0.457 e. The summed E-state index contributed by atoms with van der Waals surface area (Å²) in [7, 11) is 0. The molecular formula is C18H23NO. The molecule has 2 nitrogen and oxygen atoms in total. The maximum Gasteiger partial charge on any atom is 0.127 e. The molecule has 0 aromatic heterocycles. The van der Waals surface area contributed by atoms with Crippen LogP contribution in [0.5, 0.6) is 11.5 Å². The van der Waals surface area contributed by atoms with Crippen molar-refractivity contribution in [3.63, 3.8) is 0 Å². The van der Waals surface area contributed by atoms with Crippen LogP contribution in [0.25, 0.3) is 0 Å². The van der Waals surface area contributed by atoms with Gasteiger partial charge in [0.25, 0.3) is 0 Å². The summed E-state index contributed by atoms with van der Waals surface area (Å²) in [5.74, 6) is 1.68. The molecule has 0 fully saturated rings. The first-order chi connectivity index (χ1) is 9.36. The van der Waals surface area contributed by atoms with E-state index in [2.05, 4.69) is 32.9 Å². The van der Waals surface area contributed by atoms with Gasteiger partial charge >= 0.3 is 0 Å². The monoisotopic (exact) mass is 269 g/mol. The van der Waals surface area contributed by atoms with Crippen molar-refractivity contribution >= 4 is 0 Å². The minimum atomic E-state index is 0.0510. The molecule has 2 aromatic rings. The number of hydrogen-bond donors (Lipinski definition) is 1. The van der Waals surface area contributed by atoms with Crippen molar-refractivity contribution in [1.82, 2.24) is 0 Å². The third-order valence-electron chi connectivity index (χ3n) is 3.36. The molecule has 0 saturated carbocycles. The van der Waals surface area contributed by atoms with E-state index in [4.69, 9.17) is 10.5 Å². The molecule has 0 amide bonds. The van der Waals surface area contributed by atoms with Crippen molar-refractivity contribution in [2.75, 3.05) is 0 Å². The van der Waals surface area contributed by atoms with Gasteiger partial charge in [0, 0.05) is 6.04 Å². The number of hydrogen-bond acceptors (Lipinski definition) is 2. The zero-order chi connectivity index (χ0) is 14.8. The van der Waals surface area contributed by atoms with Crippen LogP contribution in [-0.4, -0.2) is 0 Å². The third-order valence-corrected chi connectivity index (χ3v) is 3.36. The van der Waals surface area contributed by atoms with Crippen LogP contribution >= 0.6 is 0 Å². The molecule has 2 rings (SSSR count). The minimum absolute atomic E-state index is 0.0510. The number of nitrogens with two attached hydrogens (primary N) is 1. The summed E-state index contributed by atoms with van der Waals surface area (Å²) in [6.07, 6.45) is 0. The SMILES string of the molecule is C[C@H](N)c1ccc(Oc2ccc(C(C)(C)C)cc2)cc1. The van der Waals surface area contributed by atoms with Crippen LogP contribution in [-0.2, 0) is 5.41 Å². The lowest BCUT2D eigenvalue weighted by molar-refractivity contribution is 0.481. The second kappa shape index (κ2) is 5.68. The molecule has 0 saturated heterocycles. The van der Waals surface area contributed by atoms with Gasteiger partial charge in [-0.1, -0.05) is 45.0 Å². The first-order valence-corrected chi connectivity index (χ1v) is 7.00. The second-order valence-electron chi connectivity index (χ2n) is 6.23. The molecular weight excluding hydrogens is 246 g/mol. The molecule has 2 heteroatoms. The van der Waals surface area contributed by atoms with Crippen LogP contribution < -0.4 is 10.5 Å². The van der Waals surface area contributed by atoms with E-state index in [1.54, 1.807) is 0 Å². The molecule has 20 heavy (non-hydrogen) atoms. The molecule has 0 radical (unpaired) electrons. The fraction of sp³-hybridized carbons (Fsp3) is 0.333. The summed E-state index contributed by atoms with van der Waals surface area (Å²) >= 11 is 0. The van der Waals surface area contributed by atoms with E-state index < -0.39 is 0 Å². The maximum atomic E-state index is 5.84. The highest BCUT2D eigenvalue weighted by Crippen LogP contribution is 2.27. The predicted molar refractivity (Wildman–Crippen MR) is 84.3 cm³/mol. The van der Waals surface area contributed by atoms with Crippen LogP contribution in [0.15, 0.2) is 48.5 Å². The molecule has 106 valence electrons. The molecule has 0 heterocycles. The highest BCUT2D eigenvalue weighted by molar-refractivity contribution is 5.36. The molecule has 1 atom stereocenters. The highest BCUT2D eigenvalue weighted by Gasteiger charge is 2.13. The lowest BCUT2D eigenvalue weighted by Gasteiger charge is -2.19. The molecule has 2 N–H and O–H groups in total. The van der Waals surface area contributed by atoms with E-state index >= 15 is 0 Å². The first kappa shape index (κ1) is 14.6. The molecule has 0 bridgehead atoms. The van der Waals surface area contributed by atoms with Crippen LogP contribution in [0.3, 0.4) is 0 Å². The number of benzene rings is 2. The summed E-state index contributed by atoms with van der Waals surface area (Å²) < 4.78 is 5.84. The van der Waals surface area contributed by atoms with Gasteiger partial charge in [-0.05, 0) is 47.7 Å². The van der Waals surface area contributed by atoms with Crippen molar-refractivity contribution in [3.05, 3.63) is 59.7 Å². The van der Waals surface area contributed by atoms with Gasteiger partial charge in [-0.15, -0.1) is 0 Å². The van der Waals surface area contributed by atoms with E-state index in [0.717, 1.165) is 17.1 Å². The Morgan fingerprint density at radius 1 is 0.850 bits per heavy atom. The largest absolute Gasteiger partial charge is 0.457 e. The van der Waals surface area contributed by atoms with Gasteiger partial charge in [-0.3, -0.25) is 0 Å². The fourth-order valence-electron chi connectivity index (χ4n) is 2.00. The molecule has 0 unspecified atom stereocenters. The van der Waals surface area contributed by atoms with E-state index in [0.29, 0.717) is 0 Å². The van der Waals surface area contributed by atoms with E-state index in [9.17, 15) is 0 Å². The van der Waals surface area contributed by atoms with E-state index in [1.807, 2.05) is 43.3 Å². The Morgan fingerprint density at radius 2 is 1.30 bits per heavy atom. The van der Waals surface area contributed by atoms with Gasteiger partial charge in [0.1, 0.15) is 11.5 Å². The third kappa shape index (κ3) is 3.61. The normalized spacial score (nSPS) is 13.1. The summed E-state index contributed by atoms with van der Waals surface area (Å²) in [6.45, 7) is 8.59. The zero-order valence-electron chi connectivity index (χ0n) is 12.7. The molecule has 0 aliphatic carbocycles. The van der Waals surface area contributed by atoms with Gasteiger partial charge in [-0.2, -0.15) is 0 Å².